The van der Waals surface area contributed by atoms with E-state index in [1.54, 1.807) is 7.11 Å². The first-order chi connectivity index (χ1) is 10.1. The van der Waals surface area contributed by atoms with E-state index in [0.29, 0.717) is 11.6 Å². The van der Waals surface area contributed by atoms with Gasteiger partial charge in [0, 0.05) is 6.54 Å². The molecule has 0 aliphatic rings. The fraction of sp³-hybridized carbons (Fsp3) is 0.400. The van der Waals surface area contributed by atoms with Crippen molar-refractivity contribution >= 4 is 22.4 Å². The molecule has 0 amide bonds. The summed E-state index contributed by atoms with van der Waals surface area (Å²) in [5, 5.41) is 4.21. The van der Waals surface area contributed by atoms with Gasteiger partial charge in [0.1, 0.15) is 5.75 Å². The Bertz CT molecular complexity index is 584. The molecule has 0 fully saturated rings. The maximum Gasteiger partial charge on any atom is 0.197 e. The number of nitrogens with zero attached hydrogens (tertiary/aromatic N) is 1. The molecule has 1 heterocycles. The molecular weight excluding hydrogens is 286 g/mol. The van der Waals surface area contributed by atoms with Crippen molar-refractivity contribution in [1.29, 1.82) is 0 Å². The van der Waals surface area contributed by atoms with Crippen LogP contribution in [0.1, 0.15) is 19.4 Å². The lowest BCUT2D eigenvalue weighted by Crippen LogP contribution is -2.10. The molecule has 0 aliphatic heterocycles. The minimum atomic E-state index is 0.0719. The van der Waals surface area contributed by atoms with Crippen LogP contribution in [0.2, 0.25) is 0 Å². The van der Waals surface area contributed by atoms with Crippen molar-refractivity contribution in [2.45, 2.75) is 26.4 Å². The van der Waals surface area contributed by atoms with E-state index in [1.807, 2.05) is 32.0 Å². The summed E-state index contributed by atoms with van der Waals surface area (Å²) in [6.45, 7) is 4.72. The molecule has 0 bridgehead atoms. The number of nitrogen functional groups attached to an aromatic ring is 1. The monoisotopic (exact) mass is 307 g/mol. The molecule has 0 saturated heterocycles. The van der Waals surface area contributed by atoms with Gasteiger partial charge in [-0.25, -0.2) is 0 Å². The summed E-state index contributed by atoms with van der Waals surface area (Å²) in [6, 6.07) is 8.05. The minimum Gasteiger partial charge on any atom is -0.497 e. The molecule has 0 radical (unpaired) electrons. The molecule has 2 rings (SSSR count). The maximum atomic E-state index is 5.83. The Morgan fingerprint density at radius 2 is 2.19 bits per heavy atom. The highest BCUT2D eigenvalue weighted by molar-refractivity contribution is 7.11. The second kappa shape index (κ2) is 7.17. The molecule has 1 aromatic carbocycles. The van der Waals surface area contributed by atoms with E-state index in [4.69, 9.17) is 15.2 Å². The molecule has 3 N–H and O–H groups in total. The van der Waals surface area contributed by atoms with Gasteiger partial charge in [0.2, 0.25) is 0 Å². The van der Waals surface area contributed by atoms with Gasteiger partial charge in [0.25, 0.3) is 0 Å². The van der Waals surface area contributed by atoms with Crippen LogP contribution in [0.4, 0.5) is 10.8 Å². The Balaban J connectivity index is 1.94. The smallest absolute Gasteiger partial charge is 0.197 e. The van der Waals surface area contributed by atoms with Crippen molar-refractivity contribution in [2.75, 3.05) is 24.7 Å². The molecule has 114 valence electrons. The van der Waals surface area contributed by atoms with Gasteiger partial charge in [-0.3, -0.25) is 0 Å². The fourth-order valence-electron chi connectivity index (χ4n) is 1.90. The molecule has 1 aromatic heterocycles. The third kappa shape index (κ3) is 4.26. The van der Waals surface area contributed by atoms with Gasteiger partial charge in [-0.15, -0.1) is 0 Å². The van der Waals surface area contributed by atoms with Crippen molar-refractivity contribution in [3.05, 3.63) is 29.8 Å². The van der Waals surface area contributed by atoms with Gasteiger partial charge in [0.05, 0.1) is 13.2 Å². The molecule has 2 aromatic rings. The van der Waals surface area contributed by atoms with Crippen molar-refractivity contribution in [3.63, 3.8) is 0 Å². The minimum absolute atomic E-state index is 0.0719. The van der Waals surface area contributed by atoms with Crippen molar-refractivity contribution < 1.29 is 9.47 Å². The number of nitrogens with one attached hydrogen (secondary N) is 1. The maximum absolute atomic E-state index is 5.83. The largest absolute Gasteiger partial charge is 0.497 e. The standard InChI is InChI=1S/C15H21N3O2S/c1-10(2)20-13-14(16)18-21-15(13)17-8-7-11-5-4-6-12(9-11)19-3/h4-6,9-10,17H,7-8H2,1-3H3,(H2,16,18). The quantitative estimate of drug-likeness (QED) is 0.822. The lowest BCUT2D eigenvalue weighted by molar-refractivity contribution is 0.245. The van der Waals surface area contributed by atoms with Crippen molar-refractivity contribution in [1.82, 2.24) is 4.37 Å². The number of benzene rings is 1. The molecule has 0 saturated carbocycles. The van der Waals surface area contributed by atoms with Crippen LogP contribution in [-0.4, -0.2) is 24.1 Å². The predicted octanol–water partition coefficient (Wildman–Crippen LogP) is 3.18. The summed E-state index contributed by atoms with van der Waals surface area (Å²) >= 11 is 1.33. The summed E-state index contributed by atoms with van der Waals surface area (Å²) in [5.74, 6) is 1.97. The van der Waals surface area contributed by atoms with Crippen LogP contribution >= 0.6 is 11.5 Å². The summed E-state index contributed by atoms with van der Waals surface area (Å²) in [4.78, 5) is 0. The number of hydrogen-bond acceptors (Lipinski definition) is 6. The van der Waals surface area contributed by atoms with Crippen molar-refractivity contribution in [3.8, 4) is 11.5 Å². The van der Waals surface area contributed by atoms with Crippen LogP contribution in [0.3, 0.4) is 0 Å². The van der Waals surface area contributed by atoms with Crippen LogP contribution < -0.4 is 20.5 Å². The second-order valence-corrected chi connectivity index (χ2v) is 5.69. The predicted molar refractivity (Wildman–Crippen MR) is 87.5 cm³/mol. The van der Waals surface area contributed by atoms with Gasteiger partial charge in [-0.1, -0.05) is 12.1 Å². The van der Waals surface area contributed by atoms with E-state index in [0.717, 1.165) is 23.7 Å². The number of hydrogen-bond donors (Lipinski definition) is 2. The highest BCUT2D eigenvalue weighted by Crippen LogP contribution is 2.35. The lowest BCUT2D eigenvalue weighted by Gasteiger charge is -2.11. The lowest BCUT2D eigenvalue weighted by atomic mass is 10.1. The first-order valence-electron chi connectivity index (χ1n) is 6.88. The first-order valence-corrected chi connectivity index (χ1v) is 7.66. The van der Waals surface area contributed by atoms with E-state index >= 15 is 0 Å². The molecule has 21 heavy (non-hydrogen) atoms. The number of methoxy groups -OCH3 is 1. The SMILES string of the molecule is COc1cccc(CCNc2snc(N)c2OC(C)C)c1. The summed E-state index contributed by atoms with van der Waals surface area (Å²) in [7, 11) is 1.67. The molecular formula is C15H21N3O2S. The molecule has 6 heteroatoms. The zero-order valence-corrected chi connectivity index (χ0v) is 13.4. The Morgan fingerprint density at radius 1 is 1.38 bits per heavy atom. The van der Waals surface area contributed by atoms with Crippen molar-refractivity contribution in [2.24, 2.45) is 0 Å². The zero-order chi connectivity index (χ0) is 15.2. The van der Waals surface area contributed by atoms with E-state index in [1.165, 1.54) is 17.1 Å². The zero-order valence-electron chi connectivity index (χ0n) is 12.6. The highest BCUT2D eigenvalue weighted by atomic mass is 32.1. The van der Waals surface area contributed by atoms with E-state index in [9.17, 15) is 0 Å². The van der Waals surface area contributed by atoms with Gasteiger partial charge >= 0.3 is 0 Å². The van der Waals surface area contributed by atoms with Gasteiger partial charge in [-0.05, 0) is 49.5 Å². The summed E-state index contributed by atoms with van der Waals surface area (Å²) in [5.41, 5.74) is 7.04. The molecule has 5 nitrogen and oxygen atoms in total. The topological polar surface area (TPSA) is 69.4 Å². The number of nitrogens with two attached hydrogens (primary N) is 1. The average molecular weight is 307 g/mol. The number of anilines is 2. The van der Waals surface area contributed by atoms with Crippen LogP contribution in [0.15, 0.2) is 24.3 Å². The van der Waals surface area contributed by atoms with E-state index in [2.05, 4.69) is 15.8 Å². The van der Waals surface area contributed by atoms with E-state index < -0.39 is 0 Å². The number of ether oxygens (including phenoxy) is 2. The number of aromatic nitrogens is 1. The summed E-state index contributed by atoms with van der Waals surface area (Å²) < 4.78 is 15.1. The van der Waals surface area contributed by atoms with Gasteiger partial charge in [-0.2, -0.15) is 4.37 Å². The molecule has 0 spiro atoms. The summed E-state index contributed by atoms with van der Waals surface area (Å²) in [6.07, 6.45) is 0.957. The third-order valence-corrected chi connectivity index (χ3v) is 3.66. The van der Waals surface area contributed by atoms with Crippen LogP contribution in [0.5, 0.6) is 11.5 Å². The average Bonchev–Trinajstić information content (AvgIpc) is 2.80. The molecule has 0 atom stereocenters. The first kappa shape index (κ1) is 15.4. The normalized spacial score (nSPS) is 10.7. The van der Waals surface area contributed by atoms with Gasteiger partial charge in [0.15, 0.2) is 16.6 Å². The van der Waals surface area contributed by atoms with Crippen LogP contribution in [-0.2, 0) is 6.42 Å². The molecule has 0 unspecified atom stereocenters. The Hall–Kier alpha value is -1.95. The van der Waals surface area contributed by atoms with Gasteiger partial charge < -0.3 is 20.5 Å². The Labute approximate surface area is 129 Å². The molecule has 0 aliphatic carbocycles. The van der Waals surface area contributed by atoms with Crippen LogP contribution in [0.25, 0.3) is 0 Å². The number of rotatable bonds is 7. The Kier molecular flexibility index (Phi) is 5.27. The van der Waals surface area contributed by atoms with E-state index in [-0.39, 0.29) is 6.10 Å². The highest BCUT2D eigenvalue weighted by Gasteiger charge is 2.14. The second-order valence-electron chi connectivity index (χ2n) is 4.92. The Morgan fingerprint density at radius 3 is 2.90 bits per heavy atom. The third-order valence-electron chi connectivity index (χ3n) is 2.86. The fourth-order valence-corrected chi connectivity index (χ4v) is 2.58. The van der Waals surface area contributed by atoms with Crippen LogP contribution in [0, 0.1) is 0 Å².